The molecular formula is C22H12ClO2PS. The van der Waals surface area contributed by atoms with Crippen LogP contribution in [0, 0.1) is 0 Å². The SMILES string of the molecule is S=P12c3ccccc3Oc3cc(Cl)cc(c31)Oc1ccc3ccccc3c12. The first kappa shape index (κ1) is 15.7. The first-order valence-corrected chi connectivity index (χ1v) is 11.8. The second kappa shape index (κ2) is 5.36. The molecule has 1 atom stereocenters. The third-order valence-electron chi connectivity index (χ3n) is 5.14. The summed E-state index contributed by atoms with van der Waals surface area (Å²) in [5.74, 6) is 3.04. The van der Waals surface area contributed by atoms with Crippen molar-refractivity contribution in [3.63, 3.8) is 0 Å². The van der Waals surface area contributed by atoms with Crippen molar-refractivity contribution in [3.8, 4) is 23.0 Å². The van der Waals surface area contributed by atoms with Gasteiger partial charge in [0.1, 0.15) is 23.0 Å². The van der Waals surface area contributed by atoms with E-state index in [9.17, 15) is 0 Å². The van der Waals surface area contributed by atoms with Gasteiger partial charge in [-0.25, -0.2) is 0 Å². The minimum atomic E-state index is -2.36. The molecule has 0 bridgehead atoms. The Kier molecular flexibility index (Phi) is 3.12. The summed E-state index contributed by atoms with van der Waals surface area (Å²) in [7, 11) is 0. The fourth-order valence-electron chi connectivity index (χ4n) is 4.05. The standard InChI is InChI=1S/C22H12ClO2PS/c23-14-11-18-22-19(12-14)25-17-10-9-13-5-1-2-6-15(13)21(17)26(22,27)20-8-4-3-7-16(20)24-18/h1-12H. The Labute approximate surface area is 166 Å². The molecule has 5 heteroatoms. The predicted octanol–water partition coefficient (Wildman–Crippen LogP) is 5.46. The summed E-state index contributed by atoms with van der Waals surface area (Å²) in [4.78, 5) is 0. The molecule has 4 aromatic carbocycles. The van der Waals surface area contributed by atoms with Crippen molar-refractivity contribution in [3.05, 3.63) is 77.8 Å². The summed E-state index contributed by atoms with van der Waals surface area (Å²) in [6.45, 7) is 0. The molecule has 0 fully saturated rings. The number of rotatable bonds is 0. The number of ether oxygens (including phenoxy) is 2. The van der Waals surface area contributed by atoms with Crippen molar-refractivity contribution < 1.29 is 9.47 Å². The predicted molar refractivity (Wildman–Crippen MR) is 115 cm³/mol. The van der Waals surface area contributed by atoms with E-state index in [1.807, 2.05) is 42.5 Å². The summed E-state index contributed by atoms with van der Waals surface area (Å²) in [6.07, 6.45) is 0. The zero-order valence-corrected chi connectivity index (χ0v) is 16.4. The highest BCUT2D eigenvalue weighted by Gasteiger charge is 2.43. The molecule has 0 spiro atoms. The molecule has 0 saturated heterocycles. The Morgan fingerprint density at radius 2 is 1.41 bits per heavy atom. The van der Waals surface area contributed by atoms with E-state index in [0.717, 1.165) is 38.2 Å². The molecule has 1 unspecified atom stereocenters. The van der Waals surface area contributed by atoms with Crippen molar-refractivity contribution in [1.82, 2.24) is 0 Å². The van der Waals surface area contributed by atoms with Crippen molar-refractivity contribution >= 4 is 56.1 Å². The third-order valence-corrected chi connectivity index (χ3v) is 10.3. The minimum absolute atomic E-state index is 0.578. The number of hydrogen-bond donors (Lipinski definition) is 0. The first-order chi connectivity index (χ1) is 13.2. The second-order valence-electron chi connectivity index (χ2n) is 6.67. The molecule has 0 aliphatic carbocycles. The number of hydrogen-bond acceptors (Lipinski definition) is 3. The molecule has 0 amide bonds. The van der Waals surface area contributed by atoms with Gasteiger partial charge < -0.3 is 9.47 Å². The second-order valence-corrected chi connectivity index (χ2v) is 11.3. The summed E-state index contributed by atoms with van der Waals surface area (Å²) in [5.41, 5.74) is 0. The van der Waals surface area contributed by atoms with Gasteiger partial charge in [0.05, 0.1) is 11.3 Å². The summed E-state index contributed by atoms with van der Waals surface area (Å²) < 4.78 is 12.5. The molecule has 0 saturated carbocycles. The lowest BCUT2D eigenvalue weighted by Gasteiger charge is -2.38. The van der Waals surface area contributed by atoms with E-state index < -0.39 is 6.04 Å². The maximum absolute atomic E-state index is 6.54. The van der Waals surface area contributed by atoms with Crippen molar-refractivity contribution in [2.75, 3.05) is 0 Å². The third kappa shape index (κ3) is 2.00. The van der Waals surface area contributed by atoms with Crippen LogP contribution in [0.4, 0.5) is 0 Å². The van der Waals surface area contributed by atoms with Crippen LogP contribution in [-0.2, 0) is 11.8 Å². The molecule has 0 N–H and O–H groups in total. The van der Waals surface area contributed by atoms with Crippen LogP contribution in [0.25, 0.3) is 10.8 Å². The topological polar surface area (TPSA) is 18.5 Å². The summed E-state index contributed by atoms with van der Waals surface area (Å²) in [5, 5.41) is 6.01. The van der Waals surface area contributed by atoms with Crippen LogP contribution >= 0.6 is 17.6 Å². The average Bonchev–Trinajstić information content (AvgIpc) is 2.67. The van der Waals surface area contributed by atoms with E-state index in [-0.39, 0.29) is 0 Å². The number of benzene rings is 4. The van der Waals surface area contributed by atoms with Gasteiger partial charge in [-0.3, -0.25) is 0 Å². The van der Waals surface area contributed by atoms with E-state index in [2.05, 4.69) is 30.3 Å². The van der Waals surface area contributed by atoms with Gasteiger partial charge in [-0.1, -0.05) is 65.9 Å². The van der Waals surface area contributed by atoms with Crippen LogP contribution in [0.15, 0.2) is 72.8 Å². The molecule has 6 rings (SSSR count). The van der Waals surface area contributed by atoms with Crippen LogP contribution < -0.4 is 25.4 Å². The van der Waals surface area contributed by atoms with Crippen molar-refractivity contribution in [2.45, 2.75) is 0 Å². The lowest BCUT2D eigenvalue weighted by molar-refractivity contribution is 0.467. The molecule has 0 aromatic heterocycles. The Morgan fingerprint density at radius 3 is 2.26 bits per heavy atom. The van der Waals surface area contributed by atoms with Gasteiger partial charge in [0.25, 0.3) is 0 Å². The van der Waals surface area contributed by atoms with E-state index in [1.165, 1.54) is 0 Å². The van der Waals surface area contributed by atoms with Crippen LogP contribution in [-0.4, -0.2) is 0 Å². The van der Waals surface area contributed by atoms with E-state index in [1.54, 1.807) is 0 Å². The molecular weight excluding hydrogens is 395 g/mol. The van der Waals surface area contributed by atoms with Gasteiger partial charge in [-0.05, 0) is 29.0 Å². The number of halogens is 1. The molecule has 2 nitrogen and oxygen atoms in total. The summed E-state index contributed by atoms with van der Waals surface area (Å²) >= 11 is 12.9. The monoisotopic (exact) mass is 406 g/mol. The maximum atomic E-state index is 6.54. The summed E-state index contributed by atoms with van der Waals surface area (Å²) in [6, 6.07) is 21.8. The quantitative estimate of drug-likeness (QED) is 0.312. The lowest BCUT2D eigenvalue weighted by Crippen LogP contribution is -2.35. The molecule has 2 heterocycles. The van der Waals surface area contributed by atoms with E-state index in [0.29, 0.717) is 16.5 Å². The van der Waals surface area contributed by atoms with Crippen LogP contribution in [0.5, 0.6) is 23.0 Å². The van der Waals surface area contributed by atoms with Crippen LogP contribution in [0.2, 0.25) is 5.02 Å². The maximum Gasteiger partial charge on any atom is 0.141 e. The van der Waals surface area contributed by atoms with Crippen molar-refractivity contribution in [1.29, 1.82) is 0 Å². The molecule has 27 heavy (non-hydrogen) atoms. The highest BCUT2D eigenvalue weighted by atomic mass is 35.5. The van der Waals surface area contributed by atoms with E-state index in [4.69, 9.17) is 32.9 Å². The number of fused-ring (bicyclic) bond motifs is 6. The van der Waals surface area contributed by atoms with Crippen LogP contribution in [0.1, 0.15) is 0 Å². The fourth-order valence-corrected chi connectivity index (χ4v) is 9.05. The van der Waals surface area contributed by atoms with Gasteiger partial charge in [-0.2, -0.15) is 0 Å². The zero-order chi connectivity index (χ0) is 18.2. The van der Waals surface area contributed by atoms with Crippen molar-refractivity contribution in [2.24, 2.45) is 0 Å². The van der Waals surface area contributed by atoms with Gasteiger partial charge in [0, 0.05) is 27.8 Å². The lowest BCUT2D eigenvalue weighted by atomic mass is 10.1. The highest BCUT2D eigenvalue weighted by molar-refractivity contribution is 8.26. The first-order valence-electron chi connectivity index (χ1n) is 8.58. The molecule has 130 valence electrons. The normalized spacial score (nSPS) is 18.7. The van der Waals surface area contributed by atoms with Gasteiger partial charge in [0.15, 0.2) is 0 Å². The van der Waals surface area contributed by atoms with Crippen LogP contribution in [0.3, 0.4) is 0 Å². The van der Waals surface area contributed by atoms with Gasteiger partial charge in [0.2, 0.25) is 0 Å². The van der Waals surface area contributed by atoms with Gasteiger partial charge >= 0.3 is 0 Å². The van der Waals surface area contributed by atoms with E-state index >= 15 is 0 Å². The average molecular weight is 407 g/mol. The Morgan fingerprint density at radius 1 is 0.704 bits per heavy atom. The largest absolute Gasteiger partial charge is 0.456 e. The molecule has 2 aliphatic heterocycles. The fraction of sp³-hybridized carbons (Fsp3) is 0. The highest BCUT2D eigenvalue weighted by Crippen LogP contribution is 2.59. The molecule has 4 aromatic rings. The Hall–Kier alpha value is -2.32. The van der Waals surface area contributed by atoms with Gasteiger partial charge in [-0.15, -0.1) is 0 Å². The smallest absolute Gasteiger partial charge is 0.141 e. The molecule has 0 radical (unpaired) electrons. The molecule has 2 aliphatic rings. The minimum Gasteiger partial charge on any atom is -0.456 e. The zero-order valence-electron chi connectivity index (χ0n) is 14.0. The number of para-hydroxylation sites is 1. The Bertz CT molecular complexity index is 1310. The Balaban J connectivity index is 1.84.